The summed E-state index contributed by atoms with van der Waals surface area (Å²) in [5.41, 5.74) is 3.17. The minimum Gasteiger partial charge on any atom is -0.497 e. The Morgan fingerprint density at radius 2 is 1.88 bits per heavy atom. The lowest BCUT2D eigenvalue weighted by Crippen LogP contribution is -1.99. The van der Waals surface area contributed by atoms with Gasteiger partial charge in [0.15, 0.2) is 0 Å². The SMILES string of the molecule is COc1ccc(-n2nc(C)c(C#N)c2C)cc1. The summed E-state index contributed by atoms with van der Waals surface area (Å²) in [7, 11) is 1.63. The van der Waals surface area contributed by atoms with E-state index in [0.29, 0.717) is 5.56 Å². The zero-order chi connectivity index (χ0) is 12.4. The van der Waals surface area contributed by atoms with E-state index in [1.807, 2.05) is 38.1 Å². The van der Waals surface area contributed by atoms with Crippen LogP contribution in [0.5, 0.6) is 5.75 Å². The number of aromatic nitrogens is 2. The molecule has 0 bridgehead atoms. The molecule has 4 heteroatoms. The van der Waals surface area contributed by atoms with E-state index in [-0.39, 0.29) is 0 Å². The van der Waals surface area contributed by atoms with Crippen molar-refractivity contribution in [2.24, 2.45) is 0 Å². The fourth-order valence-corrected chi connectivity index (χ4v) is 1.78. The second-order valence-corrected chi connectivity index (χ2v) is 3.77. The fourth-order valence-electron chi connectivity index (χ4n) is 1.78. The van der Waals surface area contributed by atoms with Crippen LogP contribution >= 0.6 is 0 Å². The Kier molecular flexibility index (Phi) is 2.84. The summed E-state index contributed by atoms with van der Waals surface area (Å²) < 4.78 is 6.87. The molecule has 1 aromatic heterocycles. The van der Waals surface area contributed by atoms with Gasteiger partial charge in [0, 0.05) is 0 Å². The molecule has 0 spiro atoms. The molecule has 86 valence electrons. The van der Waals surface area contributed by atoms with Crippen LogP contribution in [0.15, 0.2) is 24.3 Å². The van der Waals surface area contributed by atoms with E-state index in [9.17, 15) is 0 Å². The fraction of sp³-hybridized carbons (Fsp3) is 0.231. The number of nitrogens with zero attached hydrogens (tertiary/aromatic N) is 3. The molecule has 2 rings (SSSR count). The number of nitriles is 1. The van der Waals surface area contributed by atoms with Crippen molar-refractivity contribution in [2.45, 2.75) is 13.8 Å². The molecule has 1 aromatic carbocycles. The van der Waals surface area contributed by atoms with E-state index >= 15 is 0 Å². The van der Waals surface area contributed by atoms with Crippen molar-refractivity contribution in [1.29, 1.82) is 5.26 Å². The maximum atomic E-state index is 9.02. The van der Waals surface area contributed by atoms with Crippen LogP contribution in [-0.4, -0.2) is 16.9 Å². The van der Waals surface area contributed by atoms with Gasteiger partial charge in [0.2, 0.25) is 0 Å². The minimum absolute atomic E-state index is 0.640. The van der Waals surface area contributed by atoms with Gasteiger partial charge in [-0.2, -0.15) is 10.4 Å². The van der Waals surface area contributed by atoms with E-state index in [2.05, 4.69) is 11.2 Å². The molecule has 0 atom stereocenters. The first-order valence-corrected chi connectivity index (χ1v) is 5.28. The molecule has 2 aromatic rings. The van der Waals surface area contributed by atoms with Gasteiger partial charge >= 0.3 is 0 Å². The predicted octanol–water partition coefficient (Wildman–Crippen LogP) is 2.37. The Bertz CT molecular complexity index is 576. The first-order valence-electron chi connectivity index (χ1n) is 5.28. The van der Waals surface area contributed by atoms with Crippen LogP contribution in [0.4, 0.5) is 0 Å². The van der Waals surface area contributed by atoms with Crippen molar-refractivity contribution in [3.8, 4) is 17.5 Å². The van der Waals surface area contributed by atoms with E-state index < -0.39 is 0 Å². The molecule has 4 nitrogen and oxygen atoms in total. The number of rotatable bonds is 2. The normalized spacial score (nSPS) is 10.0. The number of aryl methyl sites for hydroxylation is 1. The van der Waals surface area contributed by atoms with Crippen molar-refractivity contribution in [3.63, 3.8) is 0 Å². The number of methoxy groups -OCH3 is 1. The number of hydrogen-bond acceptors (Lipinski definition) is 3. The van der Waals surface area contributed by atoms with Crippen LogP contribution in [-0.2, 0) is 0 Å². The molecule has 0 aliphatic rings. The minimum atomic E-state index is 0.640. The highest BCUT2D eigenvalue weighted by Crippen LogP contribution is 2.19. The molecular weight excluding hydrogens is 214 g/mol. The summed E-state index contributed by atoms with van der Waals surface area (Å²) in [5, 5.41) is 13.4. The Morgan fingerprint density at radius 1 is 1.24 bits per heavy atom. The zero-order valence-electron chi connectivity index (χ0n) is 10.1. The molecule has 0 saturated carbocycles. The van der Waals surface area contributed by atoms with Crippen LogP contribution in [0.2, 0.25) is 0 Å². The average Bonchev–Trinajstić information content (AvgIpc) is 2.64. The topological polar surface area (TPSA) is 50.8 Å². The molecule has 0 saturated heterocycles. The Labute approximate surface area is 100 Å². The van der Waals surface area contributed by atoms with Crippen LogP contribution in [0.1, 0.15) is 17.0 Å². The lowest BCUT2D eigenvalue weighted by atomic mass is 10.2. The van der Waals surface area contributed by atoms with Crippen LogP contribution in [0, 0.1) is 25.2 Å². The molecule has 1 heterocycles. The van der Waals surface area contributed by atoms with Gasteiger partial charge in [-0.05, 0) is 38.1 Å². The lowest BCUT2D eigenvalue weighted by molar-refractivity contribution is 0.414. The molecule has 0 unspecified atom stereocenters. The molecule has 0 N–H and O–H groups in total. The summed E-state index contributed by atoms with van der Waals surface area (Å²) in [4.78, 5) is 0. The quantitative estimate of drug-likeness (QED) is 0.791. The highest BCUT2D eigenvalue weighted by molar-refractivity contribution is 5.44. The summed E-state index contributed by atoms with van der Waals surface area (Å²) in [6, 6.07) is 9.75. The van der Waals surface area contributed by atoms with Crippen molar-refractivity contribution >= 4 is 0 Å². The van der Waals surface area contributed by atoms with Crippen LogP contribution < -0.4 is 4.74 Å². The summed E-state index contributed by atoms with van der Waals surface area (Å²) in [6.07, 6.45) is 0. The van der Waals surface area contributed by atoms with Crippen molar-refractivity contribution in [2.75, 3.05) is 7.11 Å². The third-order valence-electron chi connectivity index (χ3n) is 2.72. The predicted molar refractivity (Wildman–Crippen MR) is 64.3 cm³/mol. The third kappa shape index (κ3) is 1.87. The van der Waals surface area contributed by atoms with Gasteiger partial charge in [-0.25, -0.2) is 4.68 Å². The zero-order valence-corrected chi connectivity index (χ0v) is 10.1. The smallest absolute Gasteiger partial charge is 0.119 e. The second kappa shape index (κ2) is 4.30. The van der Waals surface area contributed by atoms with Gasteiger partial charge in [0.25, 0.3) is 0 Å². The van der Waals surface area contributed by atoms with Crippen LogP contribution in [0.3, 0.4) is 0 Å². The first kappa shape index (κ1) is 11.2. The van der Waals surface area contributed by atoms with Gasteiger partial charge in [0.05, 0.1) is 29.7 Å². The number of hydrogen-bond donors (Lipinski definition) is 0. The van der Waals surface area contributed by atoms with Crippen molar-refractivity contribution < 1.29 is 4.74 Å². The van der Waals surface area contributed by atoms with Gasteiger partial charge < -0.3 is 4.74 Å². The average molecular weight is 227 g/mol. The van der Waals surface area contributed by atoms with Gasteiger partial charge in [-0.3, -0.25) is 0 Å². The monoisotopic (exact) mass is 227 g/mol. The van der Waals surface area contributed by atoms with E-state index in [1.54, 1.807) is 11.8 Å². The molecule has 0 radical (unpaired) electrons. The van der Waals surface area contributed by atoms with E-state index in [0.717, 1.165) is 22.8 Å². The Morgan fingerprint density at radius 3 is 2.35 bits per heavy atom. The van der Waals surface area contributed by atoms with E-state index in [4.69, 9.17) is 10.00 Å². The highest BCUT2D eigenvalue weighted by Gasteiger charge is 2.11. The number of ether oxygens (including phenoxy) is 1. The second-order valence-electron chi connectivity index (χ2n) is 3.77. The van der Waals surface area contributed by atoms with Gasteiger partial charge in [-0.15, -0.1) is 0 Å². The largest absolute Gasteiger partial charge is 0.497 e. The summed E-state index contributed by atoms with van der Waals surface area (Å²) in [5.74, 6) is 0.802. The van der Waals surface area contributed by atoms with Gasteiger partial charge in [0.1, 0.15) is 11.8 Å². The van der Waals surface area contributed by atoms with Crippen molar-refractivity contribution in [1.82, 2.24) is 9.78 Å². The van der Waals surface area contributed by atoms with E-state index in [1.165, 1.54) is 0 Å². The molecular formula is C13H13N3O. The van der Waals surface area contributed by atoms with Crippen molar-refractivity contribution in [3.05, 3.63) is 41.2 Å². The molecule has 0 aliphatic heterocycles. The summed E-state index contributed by atoms with van der Waals surface area (Å²) in [6.45, 7) is 3.73. The third-order valence-corrected chi connectivity index (χ3v) is 2.72. The molecule has 0 aliphatic carbocycles. The van der Waals surface area contributed by atoms with Crippen LogP contribution in [0.25, 0.3) is 5.69 Å². The summed E-state index contributed by atoms with van der Waals surface area (Å²) >= 11 is 0. The molecule has 0 fully saturated rings. The Balaban J connectivity index is 2.50. The Hall–Kier alpha value is -2.28. The highest BCUT2D eigenvalue weighted by atomic mass is 16.5. The maximum absolute atomic E-state index is 9.02. The number of benzene rings is 1. The first-order chi connectivity index (χ1) is 8.17. The lowest BCUT2D eigenvalue weighted by Gasteiger charge is -2.05. The molecule has 17 heavy (non-hydrogen) atoms. The standard InChI is InChI=1S/C13H13N3O/c1-9-13(8-14)10(2)16(15-9)11-4-6-12(17-3)7-5-11/h4-7H,1-3H3. The molecule has 0 amide bonds. The van der Waals surface area contributed by atoms with Gasteiger partial charge in [-0.1, -0.05) is 0 Å². The maximum Gasteiger partial charge on any atom is 0.119 e.